The van der Waals surface area contributed by atoms with Gasteiger partial charge in [-0.25, -0.2) is 4.99 Å². The van der Waals surface area contributed by atoms with Crippen molar-refractivity contribution < 1.29 is 0 Å². The Kier molecular flexibility index (Phi) is 6.82. The first kappa shape index (κ1) is 15.9. The second-order valence-corrected chi connectivity index (χ2v) is 4.34. The zero-order valence-corrected chi connectivity index (χ0v) is 13.7. The van der Waals surface area contributed by atoms with Crippen molar-refractivity contribution in [2.45, 2.75) is 32.4 Å². The van der Waals surface area contributed by atoms with E-state index in [1.807, 2.05) is 11.6 Å². The molecule has 0 fully saturated rings. The Hall–Kier alpha value is -1.12. The third kappa shape index (κ3) is 4.81. The van der Waals surface area contributed by atoms with Crippen LogP contribution in [0, 0.1) is 0 Å². The highest BCUT2D eigenvalue weighted by molar-refractivity contribution is 14.0. The molecule has 0 saturated carbocycles. The molecule has 0 unspecified atom stereocenters. The second kappa shape index (κ2) is 8.13. The van der Waals surface area contributed by atoms with Crippen LogP contribution >= 0.6 is 24.0 Å². The Morgan fingerprint density at radius 1 is 1.47 bits per heavy atom. The Balaban J connectivity index is 0.00000180. The number of nitrogens with one attached hydrogen (secondary N) is 2. The van der Waals surface area contributed by atoms with Crippen LogP contribution in [0.15, 0.2) is 23.5 Å². The van der Waals surface area contributed by atoms with Crippen LogP contribution in [0.2, 0.25) is 0 Å². The fraction of sp³-hybridized carbons (Fsp3) is 0.583. The molecule has 0 saturated heterocycles. The zero-order valence-electron chi connectivity index (χ0n) is 11.3. The van der Waals surface area contributed by atoms with Crippen molar-refractivity contribution in [2.24, 2.45) is 12.0 Å². The molecule has 0 aromatic carbocycles. The molecule has 6 nitrogen and oxygen atoms in total. The van der Waals surface area contributed by atoms with Crippen LogP contribution in [0.4, 0.5) is 0 Å². The molecule has 0 amide bonds. The summed E-state index contributed by atoms with van der Waals surface area (Å²) in [5, 5.41) is 14.5. The highest BCUT2D eigenvalue weighted by Gasteiger charge is 2.11. The van der Waals surface area contributed by atoms with Crippen molar-refractivity contribution >= 4 is 29.9 Å². The van der Waals surface area contributed by atoms with Gasteiger partial charge < -0.3 is 15.2 Å². The predicted octanol–water partition coefficient (Wildman–Crippen LogP) is 1.21. The minimum atomic E-state index is 0. The van der Waals surface area contributed by atoms with Gasteiger partial charge in [0.2, 0.25) is 0 Å². The largest absolute Gasteiger partial charge is 0.357 e. The van der Waals surface area contributed by atoms with E-state index in [1.165, 1.54) is 0 Å². The van der Waals surface area contributed by atoms with E-state index in [0.717, 1.165) is 31.2 Å². The summed E-state index contributed by atoms with van der Waals surface area (Å²) in [5.41, 5.74) is 0. The first-order valence-electron chi connectivity index (χ1n) is 6.32. The maximum atomic E-state index is 4.52. The zero-order chi connectivity index (χ0) is 12.8. The van der Waals surface area contributed by atoms with E-state index in [0.29, 0.717) is 12.6 Å². The molecule has 2 rings (SSSR count). The minimum absolute atomic E-state index is 0. The second-order valence-electron chi connectivity index (χ2n) is 4.34. The molecule has 106 valence electrons. The number of guanidine groups is 1. The van der Waals surface area contributed by atoms with Crippen LogP contribution in [0.3, 0.4) is 0 Å². The molecule has 0 radical (unpaired) electrons. The summed E-state index contributed by atoms with van der Waals surface area (Å²) in [7, 11) is 1.92. The van der Waals surface area contributed by atoms with Crippen LogP contribution in [-0.2, 0) is 13.6 Å². The lowest BCUT2D eigenvalue weighted by Crippen LogP contribution is -2.42. The summed E-state index contributed by atoms with van der Waals surface area (Å²) in [5.74, 6) is 1.70. The minimum Gasteiger partial charge on any atom is -0.357 e. The molecule has 1 aliphatic carbocycles. The first-order chi connectivity index (χ1) is 8.79. The van der Waals surface area contributed by atoms with E-state index in [9.17, 15) is 0 Å². The summed E-state index contributed by atoms with van der Waals surface area (Å²) < 4.78 is 1.88. The van der Waals surface area contributed by atoms with Gasteiger partial charge in [-0.2, -0.15) is 0 Å². The van der Waals surface area contributed by atoms with E-state index in [-0.39, 0.29) is 24.0 Å². The van der Waals surface area contributed by atoms with Gasteiger partial charge in [0.1, 0.15) is 12.9 Å². The van der Waals surface area contributed by atoms with Gasteiger partial charge >= 0.3 is 0 Å². The Bertz CT molecular complexity index is 431. The summed E-state index contributed by atoms with van der Waals surface area (Å²) in [6, 6.07) is 0.460. The summed E-state index contributed by atoms with van der Waals surface area (Å²) in [6.07, 6.45) is 8.21. The van der Waals surface area contributed by atoms with Gasteiger partial charge in [0.15, 0.2) is 11.8 Å². The lowest BCUT2D eigenvalue weighted by molar-refractivity contribution is 0.631. The van der Waals surface area contributed by atoms with Gasteiger partial charge in [0.25, 0.3) is 0 Å². The van der Waals surface area contributed by atoms with Crippen LogP contribution in [0.1, 0.15) is 25.6 Å². The lowest BCUT2D eigenvalue weighted by Gasteiger charge is -2.16. The maximum absolute atomic E-state index is 4.52. The molecule has 19 heavy (non-hydrogen) atoms. The third-order valence-electron chi connectivity index (χ3n) is 2.88. The number of hydrogen-bond donors (Lipinski definition) is 2. The summed E-state index contributed by atoms with van der Waals surface area (Å²) >= 11 is 0. The van der Waals surface area contributed by atoms with Gasteiger partial charge in [0.05, 0.1) is 0 Å². The molecule has 0 atom stereocenters. The van der Waals surface area contributed by atoms with E-state index in [4.69, 9.17) is 0 Å². The Morgan fingerprint density at radius 3 is 2.79 bits per heavy atom. The van der Waals surface area contributed by atoms with Crippen LogP contribution in [0.25, 0.3) is 0 Å². The van der Waals surface area contributed by atoms with Gasteiger partial charge in [-0.3, -0.25) is 0 Å². The molecule has 7 heteroatoms. The third-order valence-corrected chi connectivity index (χ3v) is 2.88. The fourth-order valence-electron chi connectivity index (χ4n) is 1.85. The van der Waals surface area contributed by atoms with Crippen molar-refractivity contribution in [3.8, 4) is 0 Å². The molecule has 1 aromatic rings. The average molecular weight is 376 g/mol. The maximum Gasteiger partial charge on any atom is 0.191 e. The quantitative estimate of drug-likeness (QED) is 0.359. The molecule has 1 heterocycles. The smallest absolute Gasteiger partial charge is 0.191 e. The number of halogens is 1. The predicted molar refractivity (Wildman–Crippen MR) is 86.5 cm³/mol. The number of aryl methyl sites for hydroxylation is 1. The topological polar surface area (TPSA) is 67.1 Å². The number of aliphatic imine (C=N–C) groups is 1. The number of aromatic nitrogens is 3. The van der Waals surface area contributed by atoms with Gasteiger partial charge in [-0.15, -0.1) is 34.2 Å². The summed E-state index contributed by atoms with van der Waals surface area (Å²) in [6.45, 7) is 3.45. The molecule has 2 N–H and O–H groups in total. The normalized spacial score (nSPS) is 15.4. The summed E-state index contributed by atoms with van der Waals surface area (Å²) in [4.78, 5) is 4.52. The standard InChI is InChI=1S/C12H20N6.HI/c1-3-13-12(16-10-6-4-5-7-10)14-8-11-17-15-9-18(11)2;/h4-5,9-10H,3,6-8H2,1-2H3,(H2,13,14,16);1H. The molecule has 0 spiro atoms. The monoisotopic (exact) mass is 376 g/mol. The molecular weight excluding hydrogens is 355 g/mol. The number of nitrogens with zero attached hydrogens (tertiary/aromatic N) is 4. The van der Waals surface area contributed by atoms with E-state index >= 15 is 0 Å². The number of rotatable bonds is 4. The lowest BCUT2D eigenvalue weighted by atomic mass is 10.2. The molecule has 1 aromatic heterocycles. The highest BCUT2D eigenvalue weighted by Crippen LogP contribution is 2.08. The molecule has 1 aliphatic rings. The van der Waals surface area contributed by atoms with Gasteiger partial charge in [0, 0.05) is 19.6 Å². The van der Waals surface area contributed by atoms with Crippen molar-refractivity contribution in [1.82, 2.24) is 25.4 Å². The average Bonchev–Trinajstić information content (AvgIpc) is 2.98. The van der Waals surface area contributed by atoms with Crippen LogP contribution in [-0.4, -0.2) is 33.3 Å². The van der Waals surface area contributed by atoms with Crippen molar-refractivity contribution in [3.63, 3.8) is 0 Å². The van der Waals surface area contributed by atoms with Crippen molar-refractivity contribution in [3.05, 3.63) is 24.3 Å². The fourth-order valence-corrected chi connectivity index (χ4v) is 1.85. The number of hydrogen-bond acceptors (Lipinski definition) is 3. The SMILES string of the molecule is CCNC(=NCc1nncn1C)NC1CC=CC1.I. The van der Waals surface area contributed by atoms with E-state index in [1.54, 1.807) is 6.33 Å². The van der Waals surface area contributed by atoms with Crippen LogP contribution < -0.4 is 10.6 Å². The Morgan fingerprint density at radius 2 is 2.21 bits per heavy atom. The first-order valence-corrected chi connectivity index (χ1v) is 6.32. The van der Waals surface area contributed by atoms with E-state index in [2.05, 4.69) is 44.9 Å². The highest BCUT2D eigenvalue weighted by atomic mass is 127. The molecule has 0 bridgehead atoms. The van der Waals surface area contributed by atoms with E-state index < -0.39 is 0 Å². The Labute approximate surface area is 130 Å². The van der Waals surface area contributed by atoms with Crippen molar-refractivity contribution in [2.75, 3.05) is 6.54 Å². The van der Waals surface area contributed by atoms with Gasteiger partial charge in [-0.1, -0.05) is 12.2 Å². The molecular formula is C12H21IN6. The molecule has 0 aliphatic heterocycles. The van der Waals surface area contributed by atoms with Crippen LogP contribution in [0.5, 0.6) is 0 Å². The van der Waals surface area contributed by atoms with Crippen molar-refractivity contribution in [1.29, 1.82) is 0 Å². The van der Waals surface area contributed by atoms with Gasteiger partial charge in [-0.05, 0) is 19.8 Å².